The normalized spacial score (nSPS) is 20.7. The van der Waals surface area contributed by atoms with E-state index in [1.807, 2.05) is 0 Å². The minimum atomic E-state index is -0.496. The predicted octanol–water partition coefficient (Wildman–Crippen LogP) is 2.66. The Bertz CT molecular complexity index is 828. The summed E-state index contributed by atoms with van der Waals surface area (Å²) in [5.74, 6) is 0.800. The molecule has 3 heterocycles. The summed E-state index contributed by atoms with van der Waals surface area (Å²) in [5.41, 5.74) is 6.38. The molecule has 1 aromatic heterocycles. The van der Waals surface area contributed by atoms with Crippen LogP contribution in [0.4, 0.5) is 5.82 Å². The van der Waals surface area contributed by atoms with Gasteiger partial charge in [0.2, 0.25) is 5.91 Å². The molecule has 2 saturated heterocycles. The highest BCUT2D eigenvalue weighted by molar-refractivity contribution is 7.98. The van der Waals surface area contributed by atoms with Gasteiger partial charge < -0.3 is 10.6 Å². The molecule has 1 amide bonds. The minimum Gasteiger partial charge on any atom is -0.368 e. The molecule has 1 aromatic carbocycles. The molecule has 0 spiro atoms. The quantitative estimate of drug-likeness (QED) is 0.816. The lowest BCUT2D eigenvalue weighted by Crippen LogP contribution is -2.63. The maximum atomic E-state index is 12.4. The molecule has 27 heavy (non-hydrogen) atoms. The van der Waals surface area contributed by atoms with Crippen LogP contribution in [0.2, 0.25) is 0 Å². The molecule has 7 heteroatoms. The van der Waals surface area contributed by atoms with E-state index in [9.17, 15) is 4.79 Å². The first-order valence-corrected chi connectivity index (χ1v) is 11.0. The van der Waals surface area contributed by atoms with Crippen molar-refractivity contribution in [1.29, 1.82) is 0 Å². The smallest absolute Gasteiger partial charge is 0.238 e. The van der Waals surface area contributed by atoms with E-state index < -0.39 is 5.54 Å². The number of rotatable bonds is 4. The molecular formula is C20H27N5OS. The van der Waals surface area contributed by atoms with Gasteiger partial charge in [0, 0.05) is 23.4 Å². The van der Waals surface area contributed by atoms with E-state index in [4.69, 9.17) is 5.73 Å². The third-order valence-corrected chi connectivity index (χ3v) is 6.86. The monoisotopic (exact) mass is 385 g/mol. The molecule has 2 aromatic rings. The third-order valence-electron chi connectivity index (χ3n) is 6.13. The van der Waals surface area contributed by atoms with Gasteiger partial charge in [0.05, 0.1) is 5.52 Å². The van der Waals surface area contributed by atoms with Gasteiger partial charge in [-0.3, -0.25) is 9.69 Å². The van der Waals surface area contributed by atoms with Crippen molar-refractivity contribution in [3.63, 3.8) is 0 Å². The number of carbonyl (C=O) groups is 1. The van der Waals surface area contributed by atoms with Gasteiger partial charge in [0.25, 0.3) is 0 Å². The van der Waals surface area contributed by atoms with Crippen LogP contribution in [0.5, 0.6) is 0 Å². The molecule has 6 nitrogen and oxygen atoms in total. The number of carbonyl (C=O) groups excluding carboxylic acids is 1. The first-order valence-electron chi connectivity index (χ1n) is 9.73. The second-order valence-corrected chi connectivity index (χ2v) is 8.39. The number of nitrogens with two attached hydrogens (primary N) is 1. The van der Waals surface area contributed by atoms with Gasteiger partial charge in [-0.1, -0.05) is 6.42 Å². The van der Waals surface area contributed by atoms with E-state index in [0.717, 1.165) is 68.6 Å². The Morgan fingerprint density at radius 2 is 1.85 bits per heavy atom. The van der Waals surface area contributed by atoms with E-state index in [2.05, 4.69) is 44.2 Å². The Morgan fingerprint density at radius 1 is 1.11 bits per heavy atom. The third kappa shape index (κ3) is 3.38. The van der Waals surface area contributed by atoms with Gasteiger partial charge in [-0.15, -0.1) is 11.8 Å². The van der Waals surface area contributed by atoms with Crippen LogP contribution in [0.25, 0.3) is 10.9 Å². The van der Waals surface area contributed by atoms with Crippen molar-refractivity contribution in [2.24, 2.45) is 5.73 Å². The van der Waals surface area contributed by atoms with Gasteiger partial charge in [0.15, 0.2) is 0 Å². The summed E-state index contributed by atoms with van der Waals surface area (Å²) in [6.45, 7) is 3.54. The van der Waals surface area contributed by atoms with Crippen LogP contribution < -0.4 is 10.6 Å². The van der Waals surface area contributed by atoms with E-state index in [-0.39, 0.29) is 5.91 Å². The van der Waals surface area contributed by atoms with E-state index in [1.165, 1.54) is 11.3 Å². The fraction of sp³-hybridized carbons (Fsp3) is 0.550. The Balaban J connectivity index is 1.60. The van der Waals surface area contributed by atoms with Crippen molar-refractivity contribution >= 4 is 34.4 Å². The first kappa shape index (κ1) is 18.5. The first-order chi connectivity index (χ1) is 13.1. The summed E-state index contributed by atoms with van der Waals surface area (Å²) < 4.78 is 0. The molecule has 0 unspecified atom stereocenters. The summed E-state index contributed by atoms with van der Waals surface area (Å²) in [6.07, 6.45) is 8.80. The van der Waals surface area contributed by atoms with Gasteiger partial charge in [-0.25, -0.2) is 9.97 Å². The Labute approximate surface area is 164 Å². The molecule has 0 saturated carbocycles. The SMILES string of the molecule is CSc1ccc2ncnc(N3CCC(C(N)=O)(N4CCCCC4)CC3)c2c1. The molecule has 0 radical (unpaired) electrons. The van der Waals surface area contributed by atoms with Crippen molar-refractivity contribution < 1.29 is 4.79 Å². The number of hydrogen-bond donors (Lipinski definition) is 1. The van der Waals surface area contributed by atoms with Crippen molar-refractivity contribution in [2.75, 3.05) is 37.3 Å². The maximum absolute atomic E-state index is 12.4. The zero-order chi connectivity index (χ0) is 18.9. The molecular weight excluding hydrogens is 358 g/mol. The number of thioether (sulfide) groups is 1. The molecule has 2 aliphatic heterocycles. The second kappa shape index (κ2) is 7.64. The van der Waals surface area contributed by atoms with E-state index >= 15 is 0 Å². The highest BCUT2D eigenvalue weighted by Gasteiger charge is 2.45. The summed E-state index contributed by atoms with van der Waals surface area (Å²) >= 11 is 1.72. The van der Waals surface area contributed by atoms with Crippen LogP contribution in [-0.4, -0.2) is 58.7 Å². The zero-order valence-corrected chi connectivity index (χ0v) is 16.7. The molecule has 0 bridgehead atoms. The molecule has 2 aliphatic rings. The van der Waals surface area contributed by atoms with E-state index in [1.54, 1.807) is 18.1 Å². The molecule has 2 fully saturated rings. The number of benzene rings is 1. The average Bonchev–Trinajstić information content (AvgIpc) is 2.73. The Hall–Kier alpha value is -1.86. The van der Waals surface area contributed by atoms with Gasteiger partial charge in [0.1, 0.15) is 17.7 Å². The lowest BCUT2D eigenvalue weighted by Gasteiger charge is -2.48. The number of fused-ring (bicyclic) bond motifs is 1. The number of aromatic nitrogens is 2. The van der Waals surface area contributed by atoms with Crippen LogP contribution >= 0.6 is 11.8 Å². The topological polar surface area (TPSA) is 75.4 Å². The lowest BCUT2D eigenvalue weighted by atomic mass is 9.83. The Morgan fingerprint density at radius 3 is 2.52 bits per heavy atom. The average molecular weight is 386 g/mol. The van der Waals surface area contributed by atoms with Crippen LogP contribution in [0.3, 0.4) is 0 Å². The predicted molar refractivity (Wildman–Crippen MR) is 110 cm³/mol. The Kier molecular flexibility index (Phi) is 5.23. The molecule has 2 N–H and O–H groups in total. The minimum absolute atomic E-state index is 0.165. The number of nitrogens with zero attached hydrogens (tertiary/aromatic N) is 4. The van der Waals surface area contributed by atoms with Crippen molar-refractivity contribution in [1.82, 2.24) is 14.9 Å². The number of primary amides is 1. The summed E-state index contributed by atoms with van der Waals surface area (Å²) in [6, 6.07) is 6.31. The second-order valence-electron chi connectivity index (χ2n) is 7.51. The zero-order valence-electron chi connectivity index (χ0n) is 15.9. The molecule has 144 valence electrons. The number of hydrogen-bond acceptors (Lipinski definition) is 6. The van der Waals surface area contributed by atoms with Crippen LogP contribution in [0, 0.1) is 0 Å². The number of anilines is 1. The summed E-state index contributed by atoms with van der Waals surface area (Å²) in [7, 11) is 0. The summed E-state index contributed by atoms with van der Waals surface area (Å²) in [4.78, 5) is 27.3. The van der Waals surface area contributed by atoms with Crippen molar-refractivity contribution in [3.05, 3.63) is 24.5 Å². The molecule has 0 aliphatic carbocycles. The largest absolute Gasteiger partial charge is 0.368 e. The number of likely N-dealkylation sites (tertiary alicyclic amines) is 1. The highest BCUT2D eigenvalue weighted by atomic mass is 32.2. The fourth-order valence-corrected chi connectivity index (χ4v) is 4.97. The van der Waals surface area contributed by atoms with Crippen LogP contribution in [0.1, 0.15) is 32.1 Å². The molecule has 4 rings (SSSR count). The lowest BCUT2D eigenvalue weighted by molar-refractivity contribution is -0.132. The van der Waals surface area contributed by atoms with Crippen molar-refractivity contribution in [3.8, 4) is 0 Å². The van der Waals surface area contributed by atoms with Gasteiger partial charge in [-0.05, 0) is 63.2 Å². The van der Waals surface area contributed by atoms with Gasteiger partial charge >= 0.3 is 0 Å². The van der Waals surface area contributed by atoms with Gasteiger partial charge in [-0.2, -0.15) is 0 Å². The molecule has 0 atom stereocenters. The number of piperidine rings is 2. The van der Waals surface area contributed by atoms with Crippen LogP contribution in [0.15, 0.2) is 29.4 Å². The standard InChI is InChI=1S/C20H27N5OS/c1-27-15-5-6-17-16(13-15)18(23-14-22-17)24-11-7-20(8-12-24,19(21)26)25-9-3-2-4-10-25/h5-6,13-14H,2-4,7-12H2,1H3,(H2,21,26). The highest BCUT2D eigenvalue weighted by Crippen LogP contribution is 2.35. The fourth-order valence-electron chi connectivity index (χ4n) is 4.53. The van der Waals surface area contributed by atoms with Crippen molar-refractivity contribution in [2.45, 2.75) is 42.5 Å². The van der Waals surface area contributed by atoms with Crippen LogP contribution in [-0.2, 0) is 4.79 Å². The number of amides is 1. The maximum Gasteiger partial charge on any atom is 0.238 e. The van der Waals surface area contributed by atoms with E-state index in [0.29, 0.717) is 0 Å². The summed E-state index contributed by atoms with van der Waals surface area (Å²) in [5, 5.41) is 1.08.